The van der Waals surface area contributed by atoms with E-state index in [9.17, 15) is 9.90 Å². The zero-order chi connectivity index (χ0) is 15.5. The molecular weight excluding hydrogens is 285 g/mol. The molecule has 0 bridgehead atoms. The van der Waals surface area contributed by atoms with Crippen LogP contribution < -0.4 is 24.0 Å². The van der Waals surface area contributed by atoms with Crippen molar-refractivity contribution in [3.8, 4) is 0 Å². The van der Waals surface area contributed by atoms with E-state index >= 15 is 0 Å². The van der Waals surface area contributed by atoms with E-state index in [0.717, 1.165) is 11.1 Å². The molecule has 5 heteroatoms. The minimum Gasteiger partial charge on any atom is -0.860 e. The van der Waals surface area contributed by atoms with E-state index in [2.05, 4.69) is 0 Å². The maximum Gasteiger partial charge on any atom is 1.00 e. The second-order valence-electron chi connectivity index (χ2n) is 5.07. The molecule has 2 atom stereocenters. The second kappa shape index (κ2) is 7.41. The van der Waals surface area contributed by atoms with E-state index in [1.165, 1.54) is 11.0 Å². The van der Waals surface area contributed by atoms with Crippen molar-refractivity contribution >= 4 is 6.09 Å². The van der Waals surface area contributed by atoms with Crippen LogP contribution in [0.15, 0.2) is 72.6 Å². The van der Waals surface area contributed by atoms with Gasteiger partial charge < -0.3 is 9.84 Å². The molecule has 0 unspecified atom stereocenters. The first kappa shape index (κ1) is 17.2. The first-order valence-corrected chi connectivity index (χ1v) is 7.15. The Hall–Kier alpha value is -2.15. The monoisotopic (exact) mass is 301 g/mol. The molecule has 0 aliphatic carbocycles. The van der Waals surface area contributed by atoms with Crippen molar-refractivity contribution in [3.05, 3.63) is 83.7 Å². The van der Waals surface area contributed by atoms with Crippen molar-refractivity contribution < 1.29 is 33.5 Å². The number of nitrogens with zero attached hydrogens (tertiary/aromatic N) is 1. The zero-order valence-corrected chi connectivity index (χ0v) is 13.2. The van der Waals surface area contributed by atoms with Gasteiger partial charge in [0.2, 0.25) is 0 Å². The molecule has 0 saturated carbocycles. The predicted molar refractivity (Wildman–Crippen MR) is 80.4 cm³/mol. The molecular formula is C18H16LiNO3. The molecule has 3 rings (SSSR count). The summed E-state index contributed by atoms with van der Waals surface area (Å²) < 4.78 is 5.50. The fourth-order valence-corrected chi connectivity index (χ4v) is 2.71. The predicted octanol–water partition coefficient (Wildman–Crippen LogP) is 0.147. The number of hydrogen-bond donors (Lipinski definition) is 0. The number of allylic oxidation sites excluding steroid dienone is 1. The van der Waals surface area contributed by atoms with Gasteiger partial charge in [-0.15, -0.1) is 0 Å². The number of amides is 1. The molecule has 0 aromatic heterocycles. The van der Waals surface area contributed by atoms with Gasteiger partial charge in [-0.05, 0) is 23.9 Å². The van der Waals surface area contributed by atoms with Crippen LogP contribution in [0.25, 0.3) is 0 Å². The van der Waals surface area contributed by atoms with Crippen LogP contribution in [0.5, 0.6) is 0 Å². The third-order valence-corrected chi connectivity index (χ3v) is 3.74. The molecule has 112 valence electrons. The summed E-state index contributed by atoms with van der Waals surface area (Å²) in [7, 11) is 0. The SMILES string of the molecule is C/C=C(\[O-])N1C(=O)O[C@H](c2ccccc2)[C@@H]1c1ccccc1.[Li+]. The first-order chi connectivity index (χ1) is 10.7. The van der Waals surface area contributed by atoms with Crippen LogP contribution in [-0.2, 0) is 4.74 Å². The van der Waals surface area contributed by atoms with Crippen molar-refractivity contribution in [1.29, 1.82) is 0 Å². The van der Waals surface area contributed by atoms with Crippen LogP contribution >= 0.6 is 0 Å². The maximum absolute atomic E-state index is 12.2. The normalized spacial score (nSPS) is 20.8. The number of cyclic esters (lactones) is 1. The van der Waals surface area contributed by atoms with Crippen LogP contribution in [0.3, 0.4) is 0 Å². The van der Waals surface area contributed by atoms with Crippen molar-refractivity contribution in [1.82, 2.24) is 4.90 Å². The molecule has 23 heavy (non-hydrogen) atoms. The summed E-state index contributed by atoms with van der Waals surface area (Å²) in [5.74, 6) is -0.350. The summed E-state index contributed by atoms with van der Waals surface area (Å²) in [5.41, 5.74) is 1.74. The summed E-state index contributed by atoms with van der Waals surface area (Å²) in [5, 5.41) is 12.2. The fraction of sp³-hybridized carbons (Fsp3) is 0.167. The van der Waals surface area contributed by atoms with E-state index in [4.69, 9.17) is 4.74 Å². The summed E-state index contributed by atoms with van der Waals surface area (Å²) in [6.07, 6.45) is 0.274. The van der Waals surface area contributed by atoms with Gasteiger partial charge in [-0.2, -0.15) is 0 Å². The largest absolute Gasteiger partial charge is 1.00 e. The van der Waals surface area contributed by atoms with Gasteiger partial charge in [0.25, 0.3) is 0 Å². The molecule has 4 nitrogen and oxygen atoms in total. The summed E-state index contributed by atoms with van der Waals surface area (Å²) in [6.45, 7) is 1.62. The number of carbonyl (C=O) groups excluding carboxylic acids is 1. The Labute approximate surface area is 147 Å². The van der Waals surface area contributed by atoms with Crippen molar-refractivity contribution in [2.24, 2.45) is 0 Å². The van der Waals surface area contributed by atoms with Gasteiger partial charge in [-0.3, -0.25) is 4.90 Å². The van der Waals surface area contributed by atoms with E-state index in [1.54, 1.807) is 6.92 Å². The van der Waals surface area contributed by atoms with Gasteiger partial charge in [-0.25, -0.2) is 4.79 Å². The van der Waals surface area contributed by atoms with Crippen LogP contribution in [-0.4, -0.2) is 11.0 Å². The number of benzene rings is 2. The van der Waals surface area contributed by atoms with Crippen LogP contribution in [0.4, 0.5) is 4.79 Å². The minimum absolute atomic E-state index is 0. The Morgan fingerprint density at radius 3 is 2.09 bits per heavy atom. The number of hydrogen-bond acceptors (Lipinski definition) is 3. The minimum atomic E-state index is -0.606. The standard InChI is InChI=1S/C18H17NO3.Li/c1-2-15(20)19-16(13-9-5-3-6-10-13)17(22-18(19)21)14-11-7-4-8-12-14;/h2-12,16-17,20H,1H3;/q;+1/p-1/b15-2-;/t16-,17+;/m0./s1. The Kier molecular flexibility index (Phi) is 5.54. The molecule has 2 aromatic rings. The Bertz CT molecular complexity index is 688. The summed E-state index contributed by atoms with van der Waals surface area (Å²) in [4.78, 5) is 13.4. The molecule has 1 aliphatic heterocycles. The number of ether oxygens (including phenoxy) is 1. The quantitative estimate of drug-likeness (QED) is 0.599. The molecule has 0 spiro atoms. The van der Waals surface area contributed by atoms with Gasteiger partial charge in [0.15, 0.2) is 6.10 Å². The second-order valence-corrected chi connectivity index (χ2v) is 5.07. The third-order valence-electron chi connectivity index (χ3n) is 3.74. The van der Waals surface area contributed by atoms with Crippen molar-refractivity contribution in [2.75, 3.05) is 0 Å². The summed E-state index contributed by atoms with van der Waals surface area (Å²) in [6, 6.07) is 18.5. The molecule has 1 aliphatic rings. The molecule has 1 amide bonds. The Morgan fingerprint density at radius 2 is 1.57 bits per heavy atom. The van der Waals surface area contributed by atoms with Crippen LogP contribution in [0, 0.1) is 0 Å². The van der Waals surface area contributed by atoms with E-state index in [0.29, 0.717) is 0 Å². The molecule has 0 N–H and O–H groups in total. The van der Waals surface area contributed by atoms with Crippen LogP contribution in [0.1, 0.15) is 30.2 Å². The third kappa shape index (κ3) is 3.29. The van der Waals surface area contributed by atoms with Gasteiger partial charge >= 0.3 is 25.0 Å². The Balaban J connectivity index is 0.00000192. The molecule has 1 saturated heterocycles. The van der Waals surface area contributed by atoms with Gasteiger partial charge in [0, 0.05) is 0 Å². The smallest absolute Gasteiger partial charge is 0.860 e. The maximum atomic E-state index is 12.2. The van der Waals surface area contributed by atoms with Crippen molar-refractivity contribution in [2.45, 2.75) is 19.1 Å². The van der Waals surface area contributed by atoms with E-state index < -0.39 is 18.2 Å². The van der Waals surface area contributed by atoms with E-state index in [1.807, 2.05) is 60.7 Å². The average Bonchev–Trinajstić information content (AvgIpc) is 2.93. The molecule has 0 radical (unpaired) electrons. The van der Waals surface area contributed by atoms with E-state index in [-0.39, 0.29) is 24.7 Å². The van der Waals surface area contributed by atoms with Gasteiger partial charge in [0.1, 0.15) is 6.04 Å². The van der Waals surface area contributed by atoms with Crippen molar-refractivity contribution in [3.63, 3.8) is 0 Å². The molecule has 2 aromatic carbocycles. The summed E-state index contributed by atoms with van der Waals surface area (Å²) >= 11 is 0. The first-order valence-electron chi connectivity index (χ1n) is 7.15. The molecule has 1 heterocycles. The average molecular weight is 301 g/mol. The number of carbonyl (C=O) groups is 1. The Morgan fingerprint density at radius 1 is 1.04 bits per heavy atom. The zero-order valence-electron chi connectivity index (χ0n) is 13.2. The topological polar surface area (TPSA) is 52.6 Å². The number of rotatable bonds is 3. The molecule has 1 fully saturated rings. The van der Waals surface area contributed by atoms with Gasteiger partial charge in [-0.1, -0.05) is 66.7 Å². The van der Waals surface area contributed by atoms with Gasteiger partial charge in [0.05, 0.1) is 0 Å². The fourth-order valence-electron chi connectivity index (χ4n) is 2.71. The van der Waals surface area contributed by atoms with Crippen LogP contribution in [0.2, 0.25) is 0 Å².